The number of nitrogens with one attached hydrogen (secondary N) is 2. The molecule has 3 aliphatic heterocycles. The summed E-state index contributed by atoms with van der Waals surface area (Å²) in [6.45, 7) is 3.83. The minimum absolute atomic E-state index is 0.0147. The van der Waals surface area contributed by atoms with Gasteiger partial charge in [0.15, 0.2) is 10.8 Å². The zero-order valence-corrected chi connectivity index (χ0v) is 18.9. The van der Waals surface area contributed by atoms with Gasteiger partial charge in [-0.2, -0.15) is 0 Å². The number of fused-ring (bicyclic) bond motifs is 1. The molecule has 1 aromatic heterocycles. The van der Waals surface area contributed by atoms with Crippen LogP contribution in [0.5, 0.6) is 0 Å². The maximum atomic E-state index is 12.9. The normalized spacial score (nSPS) is 24.1. The predicted octanol–water partition coefficient (Wildman–Crippen LogP) is -1.28. The minimum Gasteiger partial charge on any atom is -0.477 e. The summed E-state index contributed by atoms with van der Waals surface area (Å²) >= 11 is 2.57. The van der Waals surface area contributed by atoms with Gasteiger partial charge in [-0.1, -0.05) is 5.16 Å². The van der Waals surface area contributed by atoms with E-state index >= 15 is 0 Å². The molecule has 3 aliphatic rings. The quantitative estimate of drug-likeness (QED) is 0.210. The van der Waals surface area contributed by atoms with Crippen molar-refractivity contribution in [1.82, 2.24) is 25.4 Å². The van der Waals surface area contributed by atoms with Crippen LogP contribution >= 0.6 is 23.1 Å². The first kappa shape index (κ1) is 22.5. The highest BCUT2D eigenvalue weighted by molar-refractivity contribution is 8.00. The van der Waals surface area contributed by atoms with Gasteiger partial charge in [-0.25, -0.2) is 9.78 Å². The van der Waals surface area contributed by atoms with Gasteiger partial charge < -0.3 is 26.3 Å². The van der Waals surface area contributed by atoms with E-state index in [-0.39, 0.29) is 22.2 Å². The number of aromatic nitrogens is 1. The number of carboxylic acids is 1. The first-order valence-electron chi connectivity index (χ1n) is 9.87. The molecule has 2 atom stereocenters. The predicted molar refractivity (Wildman–Crippen MR) is 119 cm³/mol. The van der Waals surface area contributed by atoms with Gasteiger partial charge >= 0.3 is 5.97 Å². The second kappa shape index (κ2) is 9.44. The molecule has 12 nitrogen and oxygen atoms in total. The van der Waals surface area contributed by atoms with Crippen LogP contribution in [0.1, 0.15) is 5.69 Å². The van der Waals surface area contributed by atoms with Crippen LogP contribution in [-0.4, -0.2) is 100 Å². The molecule has 0 aliphatic carbocycles. The van der Waals surface area contributed by atoms with E-state index in [0.29, 0.717) is 17.9 Å². The highest BCUT2D eigenvalue weighted by Crippen LogP contribution is 2.40. The summed E-state index contributed by atoms with van der Waals surface area (Å²) in [4.78, 5) is 49.9. The van der Waals surface area contributed by atoms with E-state index in [1.54, 1.807) is 5.38 Å². The van der Waals surface area contributed by atoms with Crippen molar-refractivity contribution in [2.75, 3.05) is 51.3 Å². The number of nitrogen functional groups attached to an aromatic ring is 1. The number of thioether (sulfide) groups is 1. The number of oxime groups is 1. The van der Waals surface area contributed by atoms with Gasteiger partial charge in [0.1, 0.15) is 29.9 Å². The van der Waals surface area contributed by atoms with Crippen LogP contribution in [-0.2, 0) is 19.2 Å². The molecule has 1 aromatic rings. The Kier molecular flexibility index (Phi) is 6.64. The number of aliphatic carboxylic acids is 1. The number of carbonyl (C=O) groups is 3. The van der Waals surface area contributed by atoms with Crippen molar-refractivity contribution < 1.29 is 24.3 Å². The molecule has 0 aromatic carbocycles. The smallest absolute Gasteiger partial charge is 0.352 e. The molecule has 0 radical (unpaired) electrons. The number of carbonyl (C=O) groups excluding carboxylic acids is 2. The molecular formula is C18H23N7O5S2. The van der Waals surface area contributed by atoms with Gasteiger partial charge in [0.2, 0.25) is 0 Å². The van der Waals surface area contributed by atoms with E-state index < -0.39 is 29.2 Å². The number of anilines is 1. The van der Waals surface area contributed by atoms with Crippen LogP contribution in [0.2, 0.25) is 0 Å². The Balaban J connectivity index is 1.49. The maximum absolute atomic E-state index is 12.9. The molecule has 2 fully saturated rings. The van der Waals surface area contributed by atoms with E-state index in [4.69, 9.17) is 10.6 Å². The summed E-state index contributed by atoms with van der Waals surface area (Å²) in [5.74, 6) is -1.80. The number of rotatable bonds is 7. The lowest BCUT2D eigenvalue weighted by molar-refractivity contribution is -0.150. The maximum Gasteiger partial charge on any atom is 0.352 e. The minimum atomic E-state index is -1.14. The summed E-state index contributed by atoms with van der Waals surface area (Å²) in [5.41, 5.74) is 6.48. The Labute approximate surface area is 191 Å². The Morgan fingerprint density at radius 2 is 2.19 bits per heavy atom. The molecule has 0 unspecified atom stereocenters. The molecular weight excluding hydrogens is 458 g/mol. The summed E-state index contributed by atoms with van der Waals surface area (Å²) in [6, 6.07) is -0.874. The molecule has 32 heavy (non-hydrogen) atoms. The number of thiazole rings is 1. The lowest BCUT2D eigenvalue weighted by Gasteiger charge is -2.49. The van der Waals surface area contributed by atoms with Crippen LogP contribution in [0.25, 0.3) is 0 Å². The van der Waals surface area contributed by atoms with E-state index in [9.17, 15) is 19.5 Å². The van der Waals surface area contributed by atoms with Crippen molar-refractivity contribution in [2.24, 2.45) is 5.16 Å². The first-order valence-corrected chi connectivity index (χ1v) is 11.8. The molecule has 14 heteroatoms. The number of piperazine rings is 1. The van der Waals surface area contributed by atoms with Gasteiger partial charge in [0.05, 0.1) is 0 Å². The number of carboxylic acid groups (broad SMARTS) is 1. The number of amides is 2. The van der Waals surface area contributed by atoms with E-state index in [1.807, 2.05) is 0 Å². The first-order chi connectivity index (χ1) is 15.4. The Bertz CT molecular complexity index is 988. The summed E-state index contributed by atoms with van der Waals surface area (Å²) in [5, 5.41) is 20.8. The highest BCUT2D eigenvalue weighted by Gasteiger charge is 2.54. The van der Waals surface area contributed by atoms with Crippen molar-refractivity contribution in [3.8, 4) is 0 Å². The van der Waals surface area contributed by atoms with Crippen molar-refractivity contribution in [1.29, 1.82) is 0 Å². The molecule has 0 spiro atoms. The fraction of sp³-hybridized carbons (Fsp3) is 0.500. The van der Waals surface area contributed by atoms with Crippen molar-refractivity contribution in [3.05, 3.63) is 22.3 Å². The SMILES string of the molecule is CO/N=C(/C(=O)N[C@@H]1C(=O)N2C(C(=O)O)=C(CN3CCNCC3)CS[C@H]12)c1csc(N)n1. The Hall–Kier alpha value is -2.68. The third kappa shape index (κ3) is 4.30. The standard InChI is InChI=1S/C18H23N7O5S2/c1-30-23-11(10-8-32-18(19)21-10)14(26)22-12-15(27)25-13(17(28)29)9(7-31-16(12)25)6-24-4-2-20-3-5-24/h8,12,16,20H,2-7H2,1H3,(H2,19,21)(H,22,26)(H,28,29)/b23-11+/t12-,16-/m1/s1. The summed E-state index contributed by atoms with van der Waals surface area (Å²) in [7, 11) is 1.29. The van der Waals surface area contributed by atoms with Gasteiger partial charge in [-0.05, 0) is 5.57 Å². The lowest BCUT2D eigenvalue weighted by Crippen LogP contribution is -2.71. The van der Waals surface area contributed by atoms with Gasteiger partial charge in [0.25, 0.3) is 11.8 Å². The zero-order chi connectivity index (χ0) is 22.8. The van der Waals surface area contributed by atoms with Gasteiger partial charge in [0, 0.05) is 43.9 Å². The average Bonchev–Trinajstić information content (AvgIpc) is 3.21. The Morgan fingerprint density at radius 1 is 1.44 bits per heavy atom. The molecule has 0 bridgehead atoms. The van der Waals surface area contributed by atoms with Gasteiger partial charge in [-0.3, -0.25) is 19.4 Å². The number of hydrogen-bond acceptors (Lipinski definition) is 11. The summed E-state index contributed by atoms with van der Waals surface area (Å²) in [6.07, 6.45) is 0. The lowest BCUT2D eigenvalue weighted by atomic mass is 10.0. The van der Waals surface area contributed by atoms with E-state index in [2.05, 4.69) is 25.7 Å². The summed E-state index contributed by atoms with van der Waals surface area (Å²) < 4.78 is 0. The highest BCUT2D eigenvalue weighted by atomic mass is 32.2. The van der Waals surface area contributed by atoms with Crippen LogP contribution in [0.15, 0.2) is 21.8 Å². The third-order valence-corrected chi connectivity index (χ3v) is 7.34. The number of nitrogens with zero attached hydrogens (tertiary/aromatic N) is 4. The Morgan fingerprint density at radius 3 is 2.81 bits per heavy atom. The van der Waals surface area contributed by atoms with E-state index in [0.717, 1.165) is 37.5 Å². The van der Waals surface area contributed by atoms with Crippen molar-refractivity contribution in [2.45, 2.75) is 11.4 Å². The largest absolute Gasteiger partial charge is 0.477 e. The van der Waals surface area contributed by atoms with Gasteiger partial charge in [-0.15, -0.1) is 23.1 Å². The van der Waals surface area contributed by atoms with Crippen LogP contribution in [0.3, 0.4) is 0 Å². The average molecular weight is 482 g/mol. The molecule has 0 saturated carbocycles. The zero-order valence-electron chi connectivity index (χ0n) is 17.2. The van der Waals surface area contributed by atoms with Crippen molar-refractivity contribution in [3.63, 3.8) is 0 Å². The molecule has 4 rings (SSSR count). The number of hydrogen-bond donors (Lipinski definition) is 4. The third-order valence-electron chi connectivity index (χ3n) is 5.32. The molecule has 2 amide bonds. The number of β-lactam (4-membered cyclic amide) rings is 1. The topological polar surface area (TPSA) is 162 Å². The fourth-order valence-electron chi connectivity index (χ4n) is 3.85. The monoisotopic (exact) mass is 481 g/mol. The number of nitrogens with two attached hydrogens (primary N) is 1. The molecule has 172 valence electrons. The second-order valence-corrected chi connectivity index (χ2v) is 9.33. The molecule has 5 N–H and O–H groups in total. The fourth-order valence-corrected chi connectivity index (χ4v) is 5.73. The molecule has 4 heterocycles. The van der Waals surface area contributed by atoms with Crippen LogP contribution < -0.4 is 16.4 Å². The van der Waals surface area contributed by atoms with Crippen molar-refractivity contribution >= 4 is 51.7 Å². The second-order valence-electron chi connectivity index (χ2n) is 7.34. The van der Waals surface area contributed by atoms with Crippen LogP contribution in [0, 0.1) is 0 Å². The van der Waals surface area contributed by atoms with Crippen LogP contribution in [0.4, 0.5) is 5.13 Å². The van der Waals surface area contributed by atoms with E-state index in [1.165, 1.54) is 23.8 Å². The molecule has 2 saturated heterocycles.